The highest BCUT2D eigenvalue weighted by Gasteiger charge is 2.43. The topological polar surface area (TPSA) is 57.4 Å². The van der Waals surface area contributed by atoms with Gasteiger partial charge in [-0.1, -0.05) is 0 Å². The lowest BCUT2D eigenvalue weighted by molar-refractivity contribution is -0.153. The van der Waals surface area contributed by atoms with E-state index in [0.717, 1.165) is 36.1 Å². The molecule has 1 aromatic carbocycles. The molecule has 1 saturated carbocycles. The first-order valence-corrected chi connectivity index (χ1v) is 7.70. The molecule has 2 heterocycles. The van der Waals surface area contributed by atoms with E-state index < -0.39 is 0 Å². The number of aromatic nitrogens is 1. The van der Waals surface area contributed by atoms with Gasteiger partial charge in [-0.3, -0.25) is 4.98 Å². The number of ether oxygens (including phenoxy) is 2. The van der Waals surface area contributed by atoms with Crippen molar-refractivity contribution in [2.45, 2.75) is 43.8 Å². The second-order valence-electron chi connectivity index (χ2n) is 6.17. The van der Waals surface area contributed by atoms with Crippen LogP contribution in [-0.4, -0.2) is 23.3 Å². The number of rotatable bonds is 2. The molecule has 1 unspecified atom stereocenters. The summed E-state index contributed by atoms with van der Waals surface area (Å²) in [6, 6.07) is 7.78. The minimum atomic E-state index is 0.102. The molecule has 110 valence electrons. The molecule has 2 aromatic rings. The fourth-order valence-corrected chi connectivity index (χ4v) is 3.45. The fraction of sp³-hybridized carbons (Fsp3) is 0.471. The predicted molar refractivity (Wildman–Crippen MR) is 82.3 cm³/mol. The van der Waals surface area contributed by atoms with E-state index in [4.69, 9.17) is 15.2 Å². The van der Waals surface area contributed by atoms with Gasteiger partial charge in [0.05, 0.1) is 23.4 Å². The van der Waals surface area contributed by atoms with Crippen LogP contribution in [0.25, 0.3) is 10.9 Å². The minimum absolute atomic E-state index is 0.102. The van der Waals surface area contributed by atoms with Crippen LogP contribution in [-0.2, 0) is 4.74 Å². The van der Waals surface area contributed by atoms with E-state index in [1.54, 1.807) is 6.20 Å². The molecule has 0 bridgehead atoms. The van der Waals surface area contributed by atoms with Crippen LogP contribution in [0, 0.1) is 0 Å². The van der Waals surface area contributed by atoms with Crippen molar-refractivity contribution in [2.24, 2.45) is 0 Å². The van der Waals surface area contributed by atoms with Crippen LogP contribution in [0.5, 0.6) is 5.75 Å². The van der Waals surface area contributed by atoms with Crippen LogP contribution < -0.4 is 10.5 Å². The van der Waals surface area contributed by atoms with Crippen LogP contribution in [0.1, 0.15) is 32.1 Å². The number of hydrogen-bond acceptors (Lipinski definition) is 4. The quantitative estimate of drug-likeness (QED) is 0.860. The number of nitrogens with zero attached hydrogens (tertiary/aromatic N) is 1. The van der Waals surface area contributed by atoms with Crippen molar-refractivity contribution in [3.63, 3.8) is 0 Å². The number of nitrogen functional groups attached to an aromatic ring is 1. The van der Waals surface area contributed by atoms with Crippen molar-refractivity contribution in [2.75, 3.05) is 12.3 Å². The second-order valence-corrected chi connectivity index (χ2v) is 6.17. The van der Waals surface area contributed by atoms with Gasteiger partial charge in [-0.15, -0.1) is 0 Å². The third-order valence-electron chi connectivity index (χ3n) is 4.77. The Balaban J connectivity index is 1.61. The molecule has 0 amide bonds. The number of fused-ring (bicyclic) bond motifs is 1. The van der Waals surface area contributed by atoms with E-state index in [9.17, 15) is 0 Å². The van der Waals surface area contributed by atoms with Gasteiger partial charge in [-0.25, -0.2) is 0 Å². The Morgan fingerprint density at radius 3 is 3.00 bits per heavy atom. The van der Waals surface area contributed by atoms with Gasteiger partial charge in [-0.2, -0.15) is 0 Å². The van der Waals surface area contributed by atoms with Gasteiger partial charge in [0.15, 0.2) is 0 Å². The van der Waals surface area contributed by atoms with Gasteiger partial charge >= 0.3 is 0 Å². The third-order valence-corrected chi connectivity index (χ3v) is 4.77. The molecule has 21 heavy (non-hydrogen) atoms. The Kier molecular flexibility index (Phi) is 3.00. The molecule has 2 fully saturated rings. The first-order chi connectivity index (χ1) is 10.3. The maximum atomic E-state index is 6.28. The van der Waals surface area contributed by atoms with Crippen molar-refractivity contribution in [3.8, 4) is 5.75 Å². The van der Waals surface area contributed by atoms with Crippen molar-refractivity contribution in [1.29, 1.82) is 0 Å². The summed E-state index contributed by atoms with van der Waals surface area (Å²) in [6.07, 6.45) is 7.58. The van der Waals surface area contributed by atoms with Gasteiger partial charge < -0.3 is 15.2 Å². The fourth-order valence-electron chi connectivity index (χ4n) is 3.45. The molecule has 2 aliphatic rings. The standard InChI is InChI=1S/C17H20N2O2/c18-14-4-5-15(13-3-1-9-19-16(13)14)21-12-6-10-20-17(11-12)7-2-8-17/h1,3-5,9,12H,2,6-8,10-11,18H2. The second kappa shape index (κ2) is 4.88. The summed E-state index contributed by atoms with van der Waals surface area (Å²) in [6.45, 7) is 0.801. The number of benzene rings is 1. The number of nitrogens with two attached hydrogens (primary N) is 1. The average Bonchev–Trinajstić information content (AvgIpc) is 2.49. The number of pyridine rings is 1. The summed E-state index contributed by atoms with van der Waals surface area (Å²) in [4.78, 5) is 4.36. The van der Waals surface area contributed by atoms with Gasteiger partial charge in [0.25, 0.3) is 0 Å². The summed E-state index contributed by atoms with van der Waals surface area (Å²) < 4.78 is 12.2. The monoisotopic (exact) mass is 284 g/mol. The van der Waals surface area contributed by atoms with E-state index in [2.05, 4.69) is 4.98 Å². The molecule has 0 radical (unpaired) electrons. The predicted octanol–water partition coefficient (Wildman–Crippen LogP) is 3.30. The van der Waals surface area contributed by atoms with Crippen LogP contribution >= 0.6 is 0 Å². The Bertz CT molecular complexity index is 667. The molecule has 4 rings (SSSR count). The Morgan fingerprint density at radius 1 is 1.29 bits per heavy atom. The molecule has 4 heteroatoms. The van der Waals surface area contributed by atoms with Gasteiger partial charge in [0.1, 0.15) is 11.9 Å². The van der Waals surface area contributed by atoms with Gasteiger partial charge in [0, 0.05) is 24.4 Å². The lowest BCUT2D eigenvalue weighted by Crippen LogP contribution is -2.48. The molecule has 4 nitrogen and oxygen atoms in total. The summed E-state index contributed by atoms with van der Waals surface area (Å²) in [5.41, 5.74) is 7.61. The molecule has 1 spiro atoms. The van der Waals surface area contributed by atoms with Crippen molar-refractivity contribution in [3.05, 3.63) is 30.5 Å². The Hall–Kier alpha value is -1.81. The lowest BCUT2D eigenvalue weighted by atomic mass is 9.74. The maximum absolute atomic E-state index is 6.28. The number of anilines is 1. The van der Waals surface area contributed by atoms with Crippen molar-refractivity contribution >= 4 is 16.6 Å². The maximum Gasteiger partial charge on any atom is 0.129 e. The normalized spacial score (nSPS) is 23.9. The lowest BCUT2D eigenvalue weighted by Gasteiger charge is -2.46. The van der Waals surface area contributed by atoms with Crippen LogP contribution in [0.3, 0.4) is 0 Å². The average molecular weight is 284 g/mol. The highest BCUT2D eigenvalue weighted by molar-refractivity contribution is 5.93. The smallest absolute Gasteiger partial charge is 0.129 e. The molecule has 2 N–H and O–H groups in total. The van der Waals surface area contributed by atoms with Crippen molar-refractivity contribution in [1.82, 2.24) is 4.98 Å². The van der Waals surface area contributed by atoms with Crippen molar-refractivity contribution < 1.29 is 9.47 Å². The number of hydrogen-bond donors (Lipinski definition) is 1. The van der Waals surface area contributed by atoms with E-state index in [1.807, 2.05) is 24.3 Å². The van der Waals surface area contributed by atoms with Crippen LogP contribution in [0.2, 0.25) is 0 Å². The summed E-state index contributed by atoms with van der Waals surface area (Å²) in [5.74, 6) is 0.883. The molecular weight excluding hydrogens is 264 g/mol. The first kappa shape index (κ1) is 12.9. The van der Waals surface area contributed by atoms with E-state index in [-0.39, 0.29) is 11.7 Å². The van der Waals surface area contributed by atoms with Crippen LogP contribution in [0.4, 0.5) is 5.69 Å². The van der Waals surface area contributed by atoms with E-state index >= 15 is 0 Å². The third kappa shape index (κ3) is 2.23. The largest absolute Gasteiger partial charge is 0.490 e. The Labute approximate surface area is 124 Å². The summed E-state index contributed by atoms with van der Waals surface area (Å²) in [7, 11) is 0. The Morgan fingerprint density at radius 2 is 2.19 bits per heavy atom. The van der Waals surface area contributed by atoms with E-state index in [1.165, 1.54) is 19.3 Å². The van der Waals surface area contributed by atoms with E-state index in [0.29, 0.717) is 5.69 Å². The first-order valence-electron chi connectivity index (χ1n) is 7.70. The zero-order valence-electron chi connectivity index (χ0n) is 12.0. The zero-order chi connectivity index (χ0) is 14.3. The van der Waals surface area contributed by atoms with Gasteiger partial charge in [0.2, 0.25) is 0 Å². The molecule has 1 saturated heterocycles. The molecule has 1 aliphatic carbocycles. The highest BCUT2D eigenvalue weighted by Crippen LogP contribution is 2.43. The summed E-state index contributed by atoms with van der Waals surface area (Å²) in [5, 5.41) is 0.992. The summed E-state index contributed by atoms with van der Waals surface area (Å²) >= 11 is 0. The van der Waals surface area contributed by atoms with Crippen LogP contribution in [0.15, 0.2) is 30.5 Å². The molecule has 1 aromatic heterocycles. The zero-order valence-corrected chi connectivity index (χ0v) is 12.0. The SMILES string of the molecule is Nc1ccc(OC2CCOC3(CCC3)C2)c2cccnc12. The van der Waals surface area contributed by atoms with Gasteiger partial charge in [-0.05, 0) is 43.5 Å². The molecule has 1 aliphatic heterocycles. The molecule has 1 atom stereocenters. The minimum Gasteiger partial charge on any atom is -0.490 e. The highest BCUT2D eigenvalue weighted by atomic mass is 16.5. The molecular formula is C17H20N2O2.